The highest BCUT2D eigenvalue weighted by Gasteiger charge is 2.32. The number of amides is 2. The summed E-state index contributed by atoms with van der Waals surface area (Å²) in [7, 11) is 0. The number of halogens is 3. The lowest BCUT2D eigenvalue weighted by Gasteiger charge is -2.11. The van der Waals surface area contributed by atoms with Gasteiger partial charge in [-0.25, -0.2) is 9.78 Å². The fourth-order valence-electron chi connectivity index (χ4n) is 2.94. The van der Waals surface area contributed by atoms with Crippen molar-refractivity contribution in [1.29, 1.82) is 0 Å². The fraction of sp³-hybridized carbons (Fsp3) is 0.364. The quantitative estimate of drug-likeness (QED) is 0.398. The van der Waals surface area contributed by atoms with Crippen LogP contribution in [0.2, 0.25) is 0 Å². The van der Waals surface area contributed by atoms with Gasteiger partial charge in [-0.05, 0) is 31.5 Å². The molecule has 1 aromatic carbocycles. The molecule has 2 N–H and O–H groups in total. The summed E-state index contributed by atoms with van der Waals surface area (Å²) in [6.07, 6.45) is -4.23. The second-order valence-electron chi connectivity index (χ2n) is 7.56. The van der Waals surface area contributed by atoms with Crippen LogP contribution >= 0.6 is 11.3 Å². The lowest BCUT2D eigenvalue weighted by Crippen LogP contribution is -2.28. The van der Waals surface area contributed by atoms with Crippen LogP contribution in [0.3, 0.4) is 0 Å². The van der Waals surface area contributed by atoms with Crippen molar-refractivity contribution in [2.24, 2.45) is 0 Å². The summed E-state index contributed by atoms with van der Waals surface area (Å²) in [6.45, 7) is 5.05. The van der Waals surface area contributed by atoms with Gasteiger partial charge in [0.25, 0.3) is 5.91 Å². The van der Waals surface area contributed by atoms with Gasteiger partial charge in [-0.2, -0.15) is 18.2 Å². The highest BCUT2D eigenvalue weighted by atomic mass is 32.1. The monoisotopic (exact) mass is 525 g/mol. The second kappa shape index (κ2) is 11.3. The van der Waals surface area contributed by atoms with Gasteiger partial charge >= 0.3 is 12.1 Å². The van der Waals surface area contributed by atoms with E-state index in [-0.39, 0.29) is 52.4 Å². The molecule has 3 aromatic rings. The first-order valence-electron chi connectivity index (χ1n) is 10.7. The molecule has 0 aliphatic heterocycles. The summed E-state index contributed by atoms with van der Waals surface area (Å²) < 4.78 is 49.9. The molecule has 192 valence electrons. The number of aryl methyl sites for hydroxylation is 2. The maximum Gasteiger partial charge on any atom is 0.416 e. The van der Waals surface area contributed by atoms with Crippen LogP contribution in [0.25, 0.3) is 11.4 Å². The first-order valence-corrected chi connectivity index (χ1v) is 11.5. The van der Waals surface area contributed by atoms with Gasteiger partial charge in [-0.3, -0.25) is 9.59 Å². The third-order valence-electron chi connectivity index (χ3n) is 4.61. The average Bonchev–Trinajstić information content (AvgIpc) is 3.41. The maximum atomic E-state index is 13.4. The largest absolute Gasteiger partial charge is 0.461 e. The van der Waals surface area contributed by atoms with Crippen molar-refractivity contribution < 1.29 is 36.8 Å². The number of thiazole rings is 1. The molecular weight excluding hydrogens is 503 g/mol. The summed E-state index contributed by atoms with van der Waals surface area (Å²) in [5, 5.41) is 8.72. The number of nitrogens with one attached hydrogen (secondary N) is 2. The van der Waals surface area contributed by atoms with Crippen LogP contribution < -0.4 is 10.6 Å². The Kier molecular flexibility index (Phi) is 8.40. The number of rotatable bonds is 9. The number of ether oxygens (including phenoxy) is 1. The number of benzene rings is 1. The van der Waals surface area contributed by atoms with Crippen molar-refractivity contribution in [1.82, 2.24) is 20.4 Å². The van der Waals surface area contributed by atoms with Crippen LogP contribution in [0.5, 0.6) is 0 Å². The Hall–Kier alpha value is -3.81. The van der Waals surface area contributed by atoms with Gasteiger partial charge in [0, 0.05) is 31.0 Å². The molecule has 0 aliphatic carbocycles. The summed E-state index contributed by atoms with van der Waals surface area (Å²) >= 11 is 0.957. The van der Waals surface area contributed by atoms with E-state index in [0.29, 0.717) is 18.2 Å². The fourth-order valence-corrected chi connectivity index (χ4v) is 3.82. The van der Waals surface area contributed by atoms with Crippen LogP contribution in [0.4, 0.5) is 18.3 Å². The highest BCUT2D eigenvalue weighted by Crippen LogP contribution is 2.33. The molecule has 2 aromatic heterocycles. The van der Waals surface area contributed by atoms with E-state index in [2.05, 4.69) is 25.8 Å². The van der Waals surface area contributed by atoms with Gasteiger partial charge in [0.2, 0.25) is 17.6 Å². The molecule has 0 radical (unpaired) electrons. The van der Waals surface area contributed by atoms with Crippen molar-refractivity contribution >= 4 is 34.3 Å². The van der Waals surface area contributed by atoms with Crippen molar-refractivity contribution in [2.75, 3.05) is 18.5 Å². The topological polar surface area (TPSA) is 136 Å². The Morgan fingerprint density at radius 2 is 1.89 bits per heavy atom. The molecule has 0 saturated heterocycles. The number of aromatic nitrogens is 3. The van der Waals surface area contributed by atoms with Gasteiger partial charge < -0.3 is 19.9 Å². The number of carbonyl (C=O) groups is 3. The van der Waals surface area contributed by atoms with E-state index in [0.717, 1.165) is 17.4 Å². The van der Waals surface area contributed by atoms with E-state index in [4.69, 9.17) is 9.26 Å². The van der Waals surface area contributed by atoms with E-state index in [1.54, 1.807) is 6.92 Å². The Balaban J connectivity index is 1.62. The predicted octanol–water partition coefficient (Wildman–Crippen LogP) is 4.15. The van der Waals surface area contributed by atoms with E-state index < -0.39 is 29.5 Å². The molecule has 0 fully saturated rings. The second-order valence-corrected chi connectivity index (χ2v) is 8.56. The zero-order chi connectivity index (χ0) is 26.5. The molecule has 2 heterocycles. The summed E-state index contributed by atoms with van der Waals surface area (Å²) in [6, 6.07) is 2.71. The molecule has 0 atom stereocenters. The van der Waals surface area contributed by atoms with Crippen molar-refractivity contribution in [3.63, 3.8) is 0 Å². The lowest BCUT2D eigenvalue weighted by molar-refractivity contribution is -0.137. The Labute approximate surface area is 207 Å². The predicted molar refractivity (Wildman–Crippen MR) is 122 cm³/mol. The number of alkyl halides is 3. The standard InChI is InChI=1S/C22H22F3N5O5S/c1-4-7-34-20(33)17-11(2)27-21(36-17)29-16(31)5-6-26-19(32)14-8-13(18-28-12(3)35-30-18)9-15(10-14)22(23,24)25/h8-10H,4-7H2,1-3H3,(H,26,32)(H,27,29,31). The maximum absolute atomic E-state index is 13.4. The molecule has 10 nitrogen and oxygen atoms in total. The normalized spacial score (nSPS) is 11.3. The minimum absolute atomic E-state index is 0.0445. The first-order chi connectivity index (χ1) is 17.0. The summed E-state index contributed by atoms with van der Waals surface area (Å²) in [5.41, 5.74) is -0.981. The molecule has 3 rings (SSSR count). The smallest absolute Gasteiger partial charge is 0.416 e. The first kappa shape index (κ1) is 26.8. The van der Waals surface area contributed by atoms with Crippen LogP contribution in [0.15, 0.2) is 22.7 Å². The number of hydrogen-bond donors (Lipinski definition) is 2. The van der Waals surface area contributed by atoms with E-state index in [1.807, 2.05) is 6.92 Å². The van der Waals surface area contributed by atoms with Gasteiger partial charge in [-0.15, -0.1) is 0 Å². The third-order valence-corrected chi connectivity index (χ3v) is 5.66. The van der Waals surface area contributed by atoms with Crippen molar-refractivity contribution in [3.05, 3.63) is 45.8 Å². The molecule has 36 heavy (non-hydrogen) atoms. The van der Waals surface area contributed by atoms with Gasteiger partial charge in [-0.1, -0.05) is 23.4 Å². The van der Waals surface area contributed by atoms with Crippen LogP contribution in [-0.4, -0.2) is 46.1 Å². The third kappa shape index (κ3) is 6.87. The van der Waals surface area contributed by atoms with Crippen LogP contribution in [-0.2, 0) is 15.7 Å². The summed E-state index contributed by atoms with van der Waals surface area (Å²) in [4.78, 5) is 45.1. The molecular formula is C22H22F3N5O5S. The van der Waals surface area contributed by atoms with Gasteiger partial charge in [0.1, 0.15) is 4.88 Å². The number of nitrogens with zero attached hydrogens (tertiary/aromatic N) is 3. The van der Waals surface area contributed by atoms with E-state index in [1.165, 1.54) is 13.0 Å². The number of esters is 1. The molecule has 14 heteroatoms. The molecule has 0 saturated carbocycles. The van der Waals surface area contributed by atoms with E-state index in [9.17, 15) is 27.6 Å². The number of hydrogen-bond acceptors (Lipinski definition) is 9. The van der Waals surface area contributed by atoms with Crippen molar-refractivity contribution in [3.8, 4) is 11.4 Å². The molecule has 0 unspecified atom stereocenters. The van der Waals surface area contributed by atoms with Crippen molar-refractivity contribution in [2.45, 2.75) is 39.8 Å². The number of carbonyl (C=O) groups excluding carboxylic acids is 3. The zero-order valence-corrected chi connectivity index (χ0v) is 20.3. The van der Waals surface area contributed by atoms with Crippen LogP contribution in [0.1, 0.15) is 56.9 Å². The minimum atomic E-state index is -4.71. The van der Waals surface area contributed by atoms with Crippen LogP contribution in [0, 0.1) is 13.8 Å². The van der Waals surface area contributed by atoms with Gasteiger partial charge in [0.05, 0.1) is 17.9 Å². The molecule has 0 aliphatic rings. The van der Waals surface area contributed by atoms with Gasteiger partial charge in [0.15, 0.2) is 5.13 Å². The molecule has 2 amide bonds. The lowest BCUT2D eigenvalue weighted by atomic mass is 10.0. The number of anilines is 1. The molecule has 0 spiro atoms. The Morgan fingerprint density at radius 1 is 1.14 bits per heavy atom. The Morgan fingerprint density at radius 3 is 2.53 bits per heavy atom. The highest BCUT2D eigenvalue weighted by molar-refractivity contribution is 7.17. The summed E-state index contributed by atoms with van der Waals surface area (Å²) in [5.74, 6) is -1.80. The molecule has 0 bridgehead atoms. The SMILES string of the molecule is CCCOC(=O)c1sc(NC(=O)CCNC(=O)c2cc(-c3noc(C)n3)cc(C(F)(F)F)c2)nc1C. The Bertz CT molecular complexity index is 1270. The average molecular weight is 526 g/mol. The zero-order valence-electron chi connectivity index (χ0n) is 19.5. The van der Waals surface area contributed by atoms with E-state index >= 15 is 0 Å². The minimum Gasteiger partial charge on any atom is -0.461 e.